The number of hydrogen-bond acceptors (Lipinski definition) is 8. The molecule has 2 heterocycles. The van der Waals surface area contributed by atoms with Gasteiger partial charge in [-0.1, -0.05) is 41.3 Å². The Kier molecular flexibility index (Phi) is 6.07. The van der Waals surface area contributed by atoms with Crippen LogP contribution in [0.1, 0.15) is 22.0 Å². The predicted molar refractivity (Wildman–Crippen MR) is 105 cm³/mol. The fraction of sp³-hybridized carbons (Fsp3) is 0.353. The van der Waals surface area contributed by atoms with Gasteiger partial charge in [0.25, 0.3) is 0 Å². The monoisotopic (exact) mass is 404 g/mol. The molecular weight excluding hydrogens is 384 g/mol. The van der Waals surface area contributed by atoms with Crippen LogP contribution in [0, 0.1) is 20.8 Å². The van der Waals surface area contributed by atoms with Crippen LogP contribution in [0.4, 0.5) is 5.13 Å². The summed E-state index contributed by atoms with van der Waals surface area (Å²) >= 11 is 2.65. The number of aryl methyl sites for hydroxylation is 3. The smallest absolute Gasteiger partial charge is 0.236 e. The molecule has 27 heavy (non-hydrogen) atoms. The molecule has 0 saturated heterocycles. The van der Waals surface area contributed by atoms with Crippen molar-refractivity contribution < 1.29 is 9.53 Å². The number of rotatable bonds is 7. The van der Waals surface area contributed by atoms with E-state index in [0.29, 0.717) is 22.7 Å². The third-order valence-corrected chi connectivity index (χ3v) is 5.56. The van der Waals surface area contributed by atoms with E-state index in [2.05, 4.69) is 25.7 Å². The molecular formula is C17H20N6O2S2. The lowest BCUT2D eigenvalue weighted by molar-refractivity contribution is -0.113. The molecule has 0 saturated carbocycles. The van der Waals surface area contributed by atoms with Crippen LogP contribution >= 0.6 is 23.1 Å². The van der Waals surface area contributed by atoms with Crippen LogP contribution in [0.2, 0.25) is 0 Å². The third kappa shape index (κ3) is 4.83. The van der Waals surface area contributed by atoms with Gasteiger partial charge < -0.3 is 9.30 Å². The molecule has 3 rings (SSSR count). The number of anilines is 1. The molecule has 2 aromatic heterocycles. The quantitative estimate of drug-likeness (QED) is 0.605. The maximum atomic E-state index is 12.0. The van der Waals surface area contributed by atoms with E-state index in [0.717, 1.165) is 21.9 Å². The molecule has 0 spiro atoms. The number of thioether (sulfide) groups is 1. The lowest BCUT2D eigenvalue weighted by atomic mass is 10.1. The molecule has 1 N–H and O–H groups in total. The van der Waals surface area contributed by atoms with E-state index in [1.165, 1.54) is 23.1 Å². The first-order valence-electron chi connectivity index (χ1n) is 8.24. The highest BCUT2D eigenvalue weighted by Crippen LogP contribution is 2.24. The largest absolute Gasteiger partial charge is 0.485 e. The molecule has 8 nitrogen and oxygen atoms in total. The Balaban J connectivity index is 1.56. The fourth-order valence-corrected chi connectivity index (χ4v) is 3.73. The zero-order chi connectivity index (χ0) is 19.4. The lowest BCUT2D eigenvalue weighted by Gasteiger charge is -2.11. The van der Waals surface area contributed by atoms with Crippen LogP contribution < -0.4 is 10.1 Å². The zero-order valence-electron chi connectivity index (χ0n) is 15.5. The summed E-state index contributed by atoms with van der Waals surface area (Å²) in [7, 11) is 1.86. The summed E-state index contributed by atoms with van der Waals surface area (Å²) < 4.78 is 7.76. The van der Waals surface area contributed by atoms with E-state index in [9.17, 15) is 4.79 Å². The van der Waals surface area contributed by atoms with Crippen molar-refractivity contribution in [1.29, 1.82) is 0 Å². The molecule has 0 aliphatic rings. The Morgan fingerprint density at radius 3 is 2.59 bits per heavy atom. The van der Waals surface area contributed by atoms with Gasteiger partial charge in [0.15, 0.2) is 11.0 Å². The Morgan fingerprint density at radius 2 is 1.93 bits per heavy atom. The Hall–Kier alpha value is -2.46. The van der Waals surface area contributed by atoms with E-state index >= 15 is 0 Å². The first-order chi connectivity index (χ1) is 12.9. The van der Waals surface area contributed by atoms with Crippen molar-refractivity contribution in [3.8, 4) is 5.75 Å². The number of carbonyl (C=O) groups excluding carboxylic acids is 1. The number of hydrogen-bond donors (Lipinski definition) is 1. The van der Waals surface area contributed by atoms with Gasteiger partial charge in [-0.25, -0.2) is 0 Å². The van der Waals surface area contributed by atoms with Crippen LogP contribution in [0.15, 0.2) is 23.4 Å². The maximum absolute atomic E-state index is 12.0. The normalized spacial score (nSPS) is 10.8. The fourth-order valence-electron chi connectivity index (χ4n) is 2.39. The molecule has 0 unspecified atom stereocenters. The average molecular weight is 405 g/mol. The number of aromatic nitrogens is 5. The van der Waals surface area contributed by atoms with Gasteiger partial charge in [-0.05, 0) is 31.9 Å². The molecule has 0 aliphatic carbocycles. The van der Waals surface area contributed by atoms with Crippen LogP contribution in [-0.4, -0.2) is 36.6 Å². The van der Waals surface area contributed by atoms with E-state index < -0.39 is 0 Å². The first-order valence-corrected chi connectivity index (χ1v) is 10.0. The highest BCUT2D eigenvalue weighted by Gasteiger charge is 2.14. The maximum Gasteiger partial charge on any atom is 0.236 e. The first kappa shape index (κ1) is 19.3. The van der Waals surface area contributed by atoms with E-state index in [1.807, 2.05) is 50.6 Å². The summed E-state index contributed by atoms with van der Waals surface area (Å²) in [5, 5.41) is 20.7. The second kappa shape index (κ2) is 8.49. The average Bonchev–Trinajstić information content (AvgIpc) is 3.18. The van der Waals surface area contributed by atoms with Gasteiger partial charge in [0.1, 0.15) is 17.4 Å². The second-order valence-corrected chi connectivity index (χ2v) is 8.05. The number of ether oxygens (including phenoxy) is 1. The molecule has 1 aromatic carbocycles. The minimum Gasteiger partial charge on any atom is -0.485 e. The Labute approximate surface area is 165 Å². The van der Waals surface area contributed by atoms with Gasteiger partial charge in [0.2, 0.25) is 11.0 Å². The van der Waals surface area contributed by atoms with Crippen molar-refractivity contribution in [2.75, 3.05) is 11.1 Å². The van der Waals surface area contributed by atoms with E-state index in [-0.39, 0.29) is 11.7 Å². The highest BCUT2D eigenvalue weighted by molar-refractivity contribution is 7.99. The summed E-state index contributed by atoms with van der Waals surface area (Å²) in [5.41, 5.74) is 2.16. The van der Waals surface area contributed by atoms with Crippen molar-refractivity contribution in [3.05, 3.63) is 40.2 Å². The van der Waals surface area contributed by atoms with Crippen molar-refractivity contribution in [3.63, 3.8) is 0 Å². The molecule has 0 atom stereocenters. The summed E-state index contributed by atoms with van der Waals surface area (Å²) in [6.07, 6.45) is 0. The summed E-state index contributed by atoms with van der Waals surface area (Å²) in [4.78, 5) is 12.0. The molecule has 1 amide bonds. The Bertz CT molecular complexity index is 933. The van der Waals surface area contributed by atoms with Crippen molar-refractivity contribution in [2.24, 2.45) is 7.05 Å². The molecule has 0 aliphatic heterocycles. The molecule has 10 heteroatoms. The van der Waals surface area contributed by atoms with E-state index in [1.54, 1.807) is 0 Å². The van der Waals surface area contributed by atoms with Gasteiger partial charge in [-0.15, -0.1) is 20.4 Å². The lowest BCUT2D eigenvalue weighted by Crippen LogP contribution is -2.14. The number of nitrogens with zero attached hydrogens (tertiary/aromatic N) is 5. The summed E-state index contributed by atoms with van der Waals surface area (Å²) in [6, 6.07) is 6.03. The third-order valence-electron chi connectivity index (χ3n) is 3.78. The van der Waals surface area contributed by atoms with Gasteiger partial charge in [-0.3, -0.25) is 10.1 Å². The second-order valence-electron chi connectivity index (χ2n) is 5.93. The molecule has 0 radical (unpaired) electrons. The predicted octanol–water partition coefficient (Wildman–Crippen LogP) is 2.90. The SMILES string of the molecule is Cc1nnc(NC(=O)CSc2nnc(COc3c(C)cccc3C)n2C)s1. The number of carbonyl (C=O) groups is 1. The molecule has 142 valence electrons. The minimum absolute atomic E-state index is 0.160. The van der Waals surface area contributed by atoms with Gasteiger partial charge in [-0.2, -0.15) is 0 Å². The number of para-hydroxylation sites is 1. The number of benzene rings is 1. The molecule has 3 aromatic rings. The van der Waals surface area contributed by atoms with Crippen molar-refractivity contribution in [1.82, 2.24) is 25.0 Å². The van der Waals surface area contributed by atoms with Gasteiger partial charge in [0, 0.05) is 7.05 Å². The van der Waals surface area contributed by atoms with Crippen molar-refractivity contribution >= 4 is 34.1 Å². The zero-order valence-corrected chi connectivity index (χ0v) is 17.1. The number of nitrogens with one attached hydrogen (secondary N) is 1. The summed E-state index contributed by atoms with van der Waals surface area (Å²) in [6.45, 7) is 6.17. The van der Waals surface area contributed by atoms with Crippen molar-refractivity contribution in [2.45, 2.75) is 32.5 Å². The standard InChI is InChI=1S/C17H20N6O2S2/c1-10-6-5-7-11(2)15(10)25-8-13-20-22-17(23(13)4)26-9-14(24)18-16-21-19-12(3)27-16/h5-7H,8-9H2,1-4H3,(H,18,21,24). The minimum atomic E-state index is -0.160. The molecule has 0 fully saturated rings. The van der Waals surface area contributed by atoms with Crippen LogP contribution in [0.25, 0.3) is 0 Å². The van der Waals surface area contributed by atoms with Crippen LogP contribution in [0.3, 0.4) is 0 Å². The number of amides is 1. The van der Waals surface area contributed by atoms with E-state index in [4.69, 9.17) is 4.74 Å². The van der Waals surface area contributed by atoms with Gasteiger partial charge in [0.05, 0.1) is 5.75 Å². The van der Waals surface area contributed by atoms with Crippen LogP contribution in [-0.2, 0) is 18.4 Å². The topological polar surface area (TPSA) is 94.8 Å². The van der Waals surface area contributed by atoms with Crippen LogP contribution in [0.5, 0.6) is 5.75 Å². The molecule has 0 bridgehead atoms. The summed E-state index contributed by atoms with van der Waals surface area (Å²) in [5.74, 6) is 1.61. The van der Waals surface area contributed by atoms with Gasteiger partial charge >= 0.3 is 0 Å². The Morgan fingerprint density at radius 1 is 1.19 bits per heavy atom. The highest BCUT2D eigenvalue weighted by atomic mass is 32.2.